The van der Waals surface area contributed by atoms with Crippen LogP contribution in [0.15, 0.2) is 24.3 Å². The first kappa shape index (κ1) is 18.1. The van der Waals surface area contributed by atoms with Crippen LogP contribution in [-0.4, -0.2) is 34.8 Å². The van der Waals surface area contributed by atoms with E-state index in [1.807, 2.05) is 0 Å². The van der Waals surface area contributed by atoms with Gasteiger partial charge in [0.25, 0.3) is 11.8 Å². The van der Waals surface area contributed by atoms with E-state index in [4.69, 9.17) is 14.3 Å². The normalized spacial score (nSPS) is 14.9. The van der Waals surface area contributed by atoms with Gasteiger partial charge in [0.1, 0.15) is 5.75 Å². The first-order valence-corrected chi connectivity index (χ1v) is 7.31. The molecule has 1 fully saturated rings. The molecule has 1 aliphatic rings. The molecule has 9 nitrogen and oxygen atoms in total. The Labute approximate surface area is 142 Å². The van der Waals surface area contributed by atoms with Crippen LogP contribution in [0.5, 0.6) is 5.75 Å². The second-order valence-electron chi connectivity index (χ2n) is 5.14. The van der Waals surface area contributed by atoms with E-state index >= 15 is 0 Å². The van der Waals surface area contributed by atoms with E-state index in [1.165, 1.54) is 31.2 Å². The van der Waals surface area contributed by atoms with Crippen LogP contribution < -0.4 is 4.74 Å². The summed E-state index contributed by atoms with van der Waals surface area (Å²) in [6.07, 6.45) is -1.59. The fourth-order valence-electron chi connectivity index (χ4n) is 2.09. The molecule has 1 aromatic rings. The van der Waals surface area contributed by atoms with E-state index in [0.717, 1.165) is 6.92 Å². The average Bonchev–Trinajstić information content (AvgIpc) is 2.84. The molecular weight excluding hydrogens is 334 g/mol. The highest BCUT2D eigenvalue weighted by Gasteiger charge is 2.36. The summed E-state index contributed by atoms with van der Waals surface area (Å²) in [4.78, 5) is 62.2. The Kier molecular flexibility index (Phi) is 5.48. The molecule has 0 saturated carbocycles. The predicted octanol–water partition coefficient (Wildman–Crippen LogP) is 0.823. The summed E-state index contributed by atoms with van der Waals surface area (Å²) < 4.78 is 9.80. The maximum absolute atomic E-state index is 12.3. The number of ether oxygens (including phenoxy) is 2. The lowest BCUT2D eigenvalue weighted by atomic mass is 10.1. The third-order valence-corrected chi connectivity index (χ3v) is 3.13. The summed E-state index contributed by atoms with van der Waals surface area (Å²) in [6.45, 7) is 2.33. The predicted molar refractivity (Wildman–Crippen MR) is 79.4 cm³/mol. The minimum absolute atomic E-state index is 0.0541. The average molecular weight is 349 g/mol. The fraction of sp³-hybridized carbons (Fsp3) is 0.312. The van der Waals surface area contributed by atoms with Crippen LogP contribution in [0.4, 0.5) is 0 Å². The number of nitrogens with zero attached hydrogens (tertiary/aromatic N) is 1. The largest absolute Gasteiger partial charge is 0.445 e. The number of hydrogen-bond acceptors (Lipinski definition) is 8. The molecule has 0 aromatic heterocycles. The van der Waals surface area contributed by atoms with Gasteiger partial charge in [0.15, 0.2) is 0 Å². The third kappa shape index (κ3) is 4.63. The van der Waals surface area contributed by atoms with Crippen molar-refractivity contribution in [1.82, 2.24) is 5.06 Å². The number of carbonyl (C=O) groups is 5. The summed E-state index contributed by atoms with van der Waals surface area (Å²) in [5, 5.41) is 0.367. The summed E-state index contributed by atoms with van der Waals surface area (Å²) in [6, 6.07) is 5.57. The van der Waals surface area contributed by atoms with Gasteiger partial charge in [0.2, 0.25) is 6.10 Å². The van der Waals surface area contributed by atoms with Crippen LogP contribution in [0.2, 0.25) is 0 Å². The lowest BCUT2D eigenvalue weighted by Crippen LogP contribution is -2.35. The number of hydrogen-bond donors (Lipinski definition) is 0. The molecule has 0 bridgehead atoms. The van der Waals surface area contributed by atoms with Gasteiger partial charge in [-0.3, -0.25) is 19.2 Å². The van der Waals surface area contributed by atoms with E-state index in [-0.39, 0.29) is 24.2 Å². The Balaban J connectivity index is 2.18. The van der Waals surface area contributed by atoms with Gasteiger partial charge >= 0.3 is 17.9 Å². The molecule has 1 atom stereocenters. The first-order valence-electron chi connectivity index (χ1n) is 7.31. The molecule has 2 amide bonds. The lowest BCUT2D eigenvalue weighted by molar-refractivity contribution is -0.206. The molecule has 25 heavy (non-hydrogen) atoms. The number of benzene rings is 1. The van der Waals surface area contributed by atoms with E-state index in [2.05, 4.69) is 0 Å². The van der Waals surface area contributed by atoms with Crippen LogP contribution in [-0.2, 0) is 33.5 Å². The van der Waals surface area contributed by atoms with Crippen molar-refractivity contribution in [3.05, 3.63) is 29.8 Å². The highest BCUT2D eigenvalue weighted by Crippen LogP contribution is 2.24. The van der Waals surface area contributed by atoms with Crippen molar-refractivity contribution in [2.24, 2.45) is 0 Å². The number of rotatable bonds is 5. The summed E-state index contributed by atoms with van der Waals surface area (Å²) in [5.74, 6) is -3.44. The van der Waals surface area contributed by atoms with E-state index < -0.39 is 35.8 Å². The Morgan fingerprint density at radius 1 is 0.960 bits per heavy atom. The molecule has 2 rings (SSSR count). The second-order valence-corrected chi connectivity index (χ2v) is 5.14. The van der Waals surface area contributed by atoms with Crippen LogP contribution >= 0.6 is 0 Å². The van der Waals surface area contributed by atoms with Gasteiger partial charge in [-0.2, -0.15) is 0 Å². The monoisotopic (exact) mass is 349 g/mol. The van der Waals surface area contributed by atoms with Gasteiger partial charge in [-0.05, 0) is 12.1 Å². The lowest BCUT2D eigenvalue weighted by Gasteiger charge is -2.19. The molecule has 1 aliphatic heterocycles. The molecule has 132 valence electrons. The zero-order valence-corrected chi connectivity index (χ0v) is 13.5. The molecule has 0 radical (unpaired) electrons. The van der Waals surface area contributed by atoms with Crippen molar-refractivity contribution in [2.45, 2.75) is 32.8 Å². The quantitative estimate of drug-likeness (QED) is 0.436. The Bertz CT molecular complexity index is 708. The smallest absolute Gasteiger partial charge is 0.378 e. The highest BCUT2D eigenvalue weighted by molar-refractivity contribution is 6.01. The summed E-state index contributed by atoms with van der Waals surface area (Å²) >= 11 is 0. The van der Waals surface area contributed by atoms with Gasteiger partial charge in [-0.25, -0.2) is 4.79 Å². The molecule has 1 heterocycles. The van der Waals surface area contributed by atoms with E-state index in [1.54, 1.807) is 0 Å². The number of esters is 2. The molecule has 9 heteroatoms. The summed E-state index contributed by atoms with van der Waals surface area (Å²) in [7, 11) is 0. The van der Waals surface area contributed by atoms with Crippen molar-refractivity contribution >= 4 is 29.7 Å². The Morgan fingerprint density at radius 2 is 1.52 bits per heavy atom. The molecule has 0 spiro atoms. The van der Waals surface area contributed by atoms with Gasteiger partial charge < -0.3 is 14.3 Å². The Hall–Kier alpha value is -3.23. The van der Waals surface area contributed by atoms with E-state index in [9.17, 15) is 24.0 Å². The van der Waals surface area contributed by atoms with Crippen molar-refractivity contribution in [3.8, 4) is 5.75 Å². The maximum atomic E-state index is 12.3. The van der Waals surface area contributed by atoms with Gasteiger partial charge in [-0.15, -0.1) is 5.06 Å². The Morgan fingerprint density at radius 3 is 2.00 bits per heavy atom. The molecule has 0 aliphatic carbocycles. The second kappa shape index (κ2) is 7.56. The molecule has 1 aromatic carbocycles. The van der Waals surface area contributed by atoms with Crippen LogP contribution in [0.1, 0.15) is 38.4 Å². The van der Waals surface area contributed by atoms with Gasteiger partial charge in [-0.1, -0.05) is 12.1 Å². The number of hydroxylamine groups is 2. The molecule has 1 saturated heterocycles. The van der Waals surface area contributed by atoms with E-state index in [0.29, 0.717) is 5.06 Å². The van der Waals surface area contributed by atoms with Crippen molar-refractivity contribution in [1.29, 1.82) is 0 Å². The van der Waals surface area contributed by atoms with Gasteiger partial charge in [0.05, 0.1) is 0 Å². The fourth-order valence-corrected chi connectivity index (χ4v) is 2.09. The van der Waals surface area contributed by atoms with Crippen molar-refractivity contribution in [3.63, 3.8) is 0 Å². The molecule has 1 unspecified atom stereocenters. The topological polar surface area (TPSA) is 116 Å². The number of imide groups is 1. The third-order valence-electron chi connectivity index (χ3n) is 3.13. The number of carbonyl (C=O) groups excluding carboxylic acids is 5. The minimum atomic E-state index is -1.48. The number of amides is 2. The SMILES string of the molecule is CC(=O)Oc1ccc(C(OC(C)=O)C(=O)ON2C(=O)CCC2=O)cc1. The minimum Gasteiger partial charge on any atom is -0.445 e. The zero-order valence-electron chi connectivity index (χ0n) is 13.5. The van der Waals surface area contributed by atoms with Gasteiger partial charge in [0, 0.05) is 32.3 Å². The van der Waals surface area contributed by atoms with Crippen LogP contribution in [0, 0.1) is 0 Å². The highest BCUT2D eigenvalue weighted by atomic mass is 16.7. The summed E-state index contributed by atoms with van der Waals surface area (Å²) in [5.41, 5.74) is 0.218. The maximum Gasteiger partial charge on any atom is 0.378 e. The molecular formula is C16H15NO8. The van der Waals surface area contributed by atoms with Crippen LogP contribution in [0.25, 0.3) is 0 Å². The standard InChI is InChI=1S/C16H15NO8/c1-9(18)23-12-5-3-11(4-6-12)15(24-10(2)19)16(22)25-17-13(20)7-8-14(17)21/h3-6,15H,7-8H2,1-2H3. The van der Waals surface area contributed by atoms with Crippen LogP contribution in [0.3, 0.4) is 0 Å². The van der Waals surface area contributed by atoms with Crippen molar-refractivity contribution < 1.29 is 38.3 Å². The van der Waals surface area contributed by atoms with Crippen molar-refractivity contribution in [2.75, 3.05) is 0 Å². The molecule has 0 N–H and O–H groups in total. The first-order chi connectivity index (χ1) is 11.8. The zero-order chi connectivity index (χ0) is 18.6.